The van der Waals surface area contributed by atoms with E-state index in [4.69, 9.17) is 10.5 Å². The maximum atomic E-state index is 11.4. The highest BCUT2D eigenvalue weighted by atomic mass is 16.6. The third kappa shape index (κ3) is 2.04. The lowest BCUT2D eigenvalue weighted by atomic mass is 10.00. The quantitative estimate of drug-likeness (QED) is 0.506. The maximum Gasteiger partial charge on any atom is 0.337 e. The highest BCUT2D eigenvalue weighted by Crippen LogP contribution is 2.19. The summed E-state index contributed by atoms with van der Waals surface area (Å²) in [5.74, 6) is -1.15. The molecule has 2 N–H and O–H groups in total. The van der Waals surface area contributed by atoms with Crippen LogP contribution < -0.4 is 5.73 Å². The fraction of sp³-hybridized carbons (Fsp3) is 0.778. The van der Waals surface area contributed by atoms with Crippen LogP contribution in [0.2, 0.25) is 0 Å². The third-order valence-electron chi connectivity index (χ3n) is 2.01. The summed E-state index contributed by atoms with van der Waals surface area (Å²) in [4.78, 5) is 22.6. The van der Waals surface area contributed by atoms with Crippen molar-refractivity contribution in [1.29, 1.82) is 0 Å². The van der Waals surface area contributed by atoms with E-state index < -0.39 is 17.5 Å². The summed E-state index contributed by atoms with van der Waals surface area (Å²) in [6.45, 7) is 4.27. The zero-order valence-corrected chi connectivity index (χ0v) is 8.41. The second kappa shape index (κ2) is 3.96. The maximum absolute atomic E-state index is 11.4. The molecule has 0 aromatic heterocycles. The molecular formula is C9H15NO4. The Kier molecular flexibility index (Phi) is 3.10. The topological polar surface area (TPSA) is 78.6 Å². The van der Waals surface area contributed by atoms with Crippen LogP contribution in [0.3, 0.4) is 0 Å². The zero-order valence-electron chi connectivity index (χ0n) is 8.41. The molecule has 1 rings (SSSR count). The van der Waals surface area contributed by atoms with Gasteiger partial charge in [0.05, 0.1) is 13.2 Å². The van der Waals surface area contributed by atoms with Gasteiger partial charge in [0.15, 0.2) is 0 Å². The molecule has 1 atom stereocenters. The number of cyclic esters (lactones) is 1. The number of carbonyl (C=O) groups is 2. The van der Waals surface area contributed by atoms with Crippen molar-refractivity contribution in [2.45, 2.75) is 25.8 Å². The van der Waals surface area contributed by atoms with Crippen LogP contribution in [0.5, 0.6) is 0 Å². The van der Waals surface area contributed by atoms with Crippen LogP contribution in [0.15, 0.2) is 0 Å². The van der Waals surface area contributed by atoms with E-state index in [9.17, 15) is 9.59 Å². The molecule has 5 heteroatoms. The largest absolute Gasteiger partial charge is 0.464 e. The molecule has 1 saturated heterocycles. The molecule has 1 fully saturated rings. The minimum Gasteiger partial charge on any atom is -0.464 e. The van der Waals surface area contributed by atoms with Crippen molar-refractivity contribution in [3.63, 3.8) is 0 Å². The van der Waals surface area contributed by atoms with Crippen LogP contribution in [-0.4, -0.2) is 30.7 Å². The molecule has 0 aromatic carbocycles. The van der Waals surface area contributed by atoms with Crippen molar-refractivity contribution in [2.75, 3.05) is 13.2 Å². The summed E-state index contributed by atoms with van der Waals surface area (Å²) < 4.78 is 9.53. The van der Waals surface area contributed by atoms with E-state index >= 15 is 0 Å². The van der Waals surface area contributed by atoms with Crippen LogP contribution in [0.25, 0.3) is 0 Å². The average Bonchev–Trinajstić information content (AvgIpc) is 2.44. The molecule has 1 aliphatic rings. The molecule has 0 bridgehead atoms. The molecule has 1 heterocycles. The lowest BCUT2D eigenvalue weighted by molar-refractivity contribution is -0.158. The van der Waals surface area contributed by atoms with E-state index in [1.807, 2.05) is 13.8 Å². The van der Waals surface area contributed by atoms with Crippen LogP contribution in [0.1, 0.15) is 20.3 Å². The third-order valence-corrected chi connectivity index (χ3v) is 2.01. The van der Waals surface area contributed by atoms with Crippen molar-refractivity contribution in [1.82, 2.24) is 0 Å². The second-order valence-corrected chi connectivity index (χ2v) is 3.85. The Labute approximate surface area is 82.5 Å². The Morgan fingerprint density at radius 1 is 1.71 bits per heavy atom. The Hall–Kier alpha value is -1.10. The SMILES string of the molecule is CC(C)COC(=O)C1(N)CCOC1=O. The predicted molar refractivity (Wildman–Crippen MR) is 48.3 cm³/mol. The molecule has 1 unspecified atom stereocenters. The normalized spacial score (nSPS) is 26.4. The van der Waals surface area contributed by atoms with Gasteiger partial charge in [0.2, 0.25) is 5.54 Å². The van der Waals surface area contributed by atoms with Gasteiger partial charge in [-0.05, 0) is 5.92 Å². The van der Waals surface area contributed by atoms with Gasteiger partial charge in [-0.1, -0.05) is 13.8 Å². The number of hydrogen-bond donors (Lipinski definition) is 1. The average molecular weight is 201 g/mol. The van der Waals surface area contributed by atoms with Gasteiger partial charge in [0, 0.05) is 6.42 Å². The Balaban J connectivity index is 2.55. The molecule has 0 aliphatic carbocycles. The first-order chi connectivity index (χ1) is 6.47. The standard InChI is InChI=1S/C9H15NO4/c1-6(2)5-14-8(12)9(10)3-4-13-7(9)11/h6H,3-5,10H2,1-2H3. The van der Waals surface area contributed by atoms with Crippen molar-refractivity contribution < 1.29 is 19.1 Å². The molecule has 0 saturated carbocycles. The van der Waals surface area contributed by atoms with E-state index in [1.165, 1.54) is 0 Å². The molecular weight excluding hydrogens is 186 g/mol. The van der Waals surface area contributed by atoms with Crippen molar-refractivity contribution in [3.05, 3.63) is 0 Å². The first-order valence-corrected chi connectivity index (χ1v) is 4.60. The van der Waals surface area contributed by atoms with Crippen molar-refractivity contribution in [3.8, 4) is 0 Å². The number of esters is 2. The number of nitrogens with two attached hydrogens (primary N) is 1. The van der Waals surface area contributed by atoms with Gasteiger partial charge in [-0.2, -0.15) is 0 Å². The summed E-state index contributed by atoms with van der Waals surface area (Å²) >= 11 is 0. The smallest absolute Gasteiger partial charge is 0.337 e. The van der Waals surface area contributed by atoms with Crippen LogP contribution in [0.4, 0.5) is 0 Å². The van der Waals surface area contributed by atoms with Crippen LogP contribution in [-0.2, 0) is 19.1 Å². The van der Waals surface area contributed by atoms with Gasteiger partial charge in [-0.3, -0.25) is 0 Å². The molecule has 14 heavy (non-hydrogen) atoms. The molecule has 0 spiro atoms. The molecule has 0 aromatic rings. The van der Waals surface area contributed by atoms with Gasteiger partial charge < -0.3 is 15.2 Å². The number of carbonyl (C=O) groups excluding carboxylic acids is 2. The van der Waals surface area contributed by atoms with E-state index in [0.717, 1.165) is 0 Å². The number of ether oxygens (including phenoxy) is 2. The van der Waals surface area contributed by atoms with Crippen LogP contribution >= 0.6 is 0 Å². The van der Waals surface area contributed by atoms with E-state index in [2.05, 4.69) is 4.74 Å². The minimum atomic E-state index is -1.57. The van der Waals surface area contributed by atoms with E-state index in [0.29, 0.717) is 0 Å². The van der Waals surface area contributed by atoms with Gasteiger partial charge in [0.25, 0.3) is 0 Å². The van der Waals surface area contributed by atoms with E-state index in [-0.39, 0.29) is 25.6 Å². The highest BCUT2D eigenvalue weighted by molar-refractivity contribution is 6.05. The van der Waals surface area contributed by atoms with Crippen LogP contribution in [0, 0.1) is 5.92 Å². The zero-order chi connectivity index (χ0) is 10.8. The molecule has 1 aliphatic heterocycles. The van der Waals surface area contributed by atoms with Crippen molar-refractivity contribution in [2.24, 2.45) is 11.7 Å². The summed E-state index contributed by atoms with van der Waals surface area (Å²) in [6, 6.07) is 0. The second-order valence-electron chi connectivity index (χ2n) is 3.85. The number of rotatable bonds is 3. The Bertz CT molecular complexity index is 251. The first kappa shape index (κ1) is 11.0. The monoisotopic (exact) mass is 201 g/mol. The summed E-state index contributed by atoms with van der Waals surface area (Å²) in [7, 11) is 0. The lowest BCUT2D eigenvalue weighted by Crippen LogP contribution is -2.53. The molecule has 80 valence electrons. The minimum absolute atomic E-state index is 0.187. The predicted octanol–water partition coefficient (Wildman–Crippen LogP) is -0.170. The fourth-order valence-corrected chi connectivity index (χ4v) is 1.09. The highest BCUT2D eigenvalue weighted by Gasteiger charge is 2.49. The fourth-order valence-electron chi connectivity index (χ4n) is 1.09. The summed E-state index contributed by atoms with van der Waals surface area (Å²) in [6.07, 6.45) is 0.197. The van der Waals surface area contributed by atoms with Gasteiger partial charge in [0.1, 0.15) is 0 Å². The Morgan fingerprint density at radius 2 is 2.36 bits per heavy atom. The van der Waals surface area contributed by atoms with Crippen molar-refractivity contribution >= 4 is 11.9 Å². The summed E-state index contributed by atoms with van der Waals surface area (Å²) in [5, 5.41) is 0. The van der Waals surface area contributed by atoms with E-state index in [1.54, 1.807) is 0 Å². The molecule has 0 radical (unpaired) electrons. The van der Waals surface area contributed by atoms with Gasteiger partial charge in [-0.15, -0.1) is 0 Å². The Morgan fingerprint density at radius 3 is 2.79 bits per heavy atom. The molecule has 0 amide bonds. The summed E-state index contributed by atoms with van der Waals surface area (Å²) in [5.41, 5.74) is 4.01. The number of hydrogen-bond acceptors (Lipinski definition) is 5. The molecule has 5 nitrogen and oxygen atoms in total. The van der Waals surface area contributed by atoms with Gasteiger partial charge in [-0.25, -0.2) is 9.59 Å². The van der Waals surface area contributed by atoms with Gasteiger partial charge >= 0.3 is 11.9 Å². The first-order valence-electron chi connectivity index (χ1n) is 4.60. The lowest BCUT2D eigenvalue weighted by Gasteiger charge is -2.17.